The Morgan fingerprint density at radius 1 is 1.04 bits per heavy atom. The predicted molar refractivity (Wildman–Crippen MR) is 114 cm³/mol. The molecule has 3 rings (SSSR count). The Kier molecular flexibility index (Phi) is 6.71. The number of benzene rings is 3. The fourth-order valence-corrected chi connectivity index (χ4v) is 3.57. The second kappa shape index (κ2) is 9.22. The molecular weight excluding hydrogens is 372 g/mol. The number of ether oxygens (including phenoxy) is 1. The van der Waals surface area contributed by atoms with Gasteiger partial charge >= 0.3 is 5.97 Å². The second-order valence-electron chi connectivity index (χ2n) is 7.04. The van der Waals surface area contributed by atoms with Crippen molar-refractivity contribution in [1.29, 1.82) is 0 Å². The molecular formula is C24H25ClO3. The van der Waals surface area contributed by atoms with Crippen LogP contribution in [0.3, 0.4) is 0 Å². The Balaban J connectivity index is 2.11. The number of aliphatic carboxylic acids is 1. The quantitative estimate of drug-likeness (QED) is 0.437. The number of fused-ring (bicyclic) bond motifs is 1. The van der Waals surface area contributed by atoms with Gasteiger partial charge in [-0.1, -0.05) is 74.3 Å². The molecule has 4 heteroatoms. The van der Waals surface area contributed by atoms with E-state index in [1.807, 2.05) is 54.6 Å². The van der Waals surface area contributed by atoms with Crippen LogP contribution in [0, 0.1) is 0 Å². The summed E-state index contributed by atoms with van der Waals surface area (Å²) in [6.07, 6.45) is 0.804. The van der Waals surface area contributed by atoms with Crippen LogP contribution < -0.4 is 0 Å². The number of carbonyl (C=O) groups is 1. The number of rotatable bonds is 8. The van der Waals surface area contributed by atoms with E-state index in [9.17, 15) is 9.90 Å². The third kappa shape index (κ3) is 4.54. The third-order valence-electron chi connectivity index (χ3n) is 5.08. The highest BCUT2D eigenvalue weighted by Gasteiger charge is 2.26. The minimum absolute atomic E-state index is 0.00787. The van der Waals surface area contributed by atoms with Gasteiger partial charge in [0.25, 0.3) is 0 Å². The van der Waals surface area contributed by atoms with E-state index >= 15 is 0 Å². The van der Waals surface area contributed by atoms with E-state index in [1.54, 1.807) is 0 Å². The van der Waals surface area contributed by atoms with Gasteiger partial charge in [0.2, 0.25) is 0 Å². The first-order chi connectivity index (χ1) is 13.5. The normalized spacial score (nSPS) is 13.4. The van der Waals surface area contributed by atoms with Crippen LogP contribution in [0.1, 0.15) is 55.4 Å². The Bertz CT molecular complexity index is 950. The van der Waals surface area contributed by atoms with Crippen molar-refractivity contribution >= 4 is 28.3 Å². The number of carboxylic acids is 1. The summed E-state index contributed by atoms with van der Waals surface area (Å²) in [5.74, 6) is -0.954. The number of hydrogen-bond donors (Lipinski definition) is 1. The van der Waals surface area contributed by atoms with Crippen LogP contribution in [-0.2, 0) is 9.53 Å². The summed E-state index contributed by atoms with van der Waals surface area (Å²) in [7, 11) is 0. The molecule has 146 valence electrons. The highest BCUT2D eigenvalue weighted by atomic mass is 35.5. The van der Waals surface area contributed by atoms with Crippen molar-refractivity contribution in [2.24, 2.45) is 0 Å². The lowest BCUT2D eigenvalue weighted by molar-refractivity contribution is -0.151. The smallest absolute Gasteiger partial charge is 0.337 e. The molecule has 2 unspecified atom stereocenters. The largest absolute Gasteiger partial charge is 0.479 e. The van der Waals surface area contributed by atoms with Crippen molar-refractivity contribution in [1.82, 2.24) is 0 Å². The van der Waals surface area contributed by atoms with Gasteiger partial charge in [-0.2, -0.15) is 0 Å². The van der Waals surface area contributed by atoms with Crippen LogP contribution >= 0.6 is 11.6 Å². The topological polar surface area (TPSA) is 46.5 Å². The van der Waals surface area contributed by atoms with Crippen LogP contribution in [0.2, 0.25) is 5.02 Å². The SMILES string of the molecule is CCCCOC(C(=O)O)c1cc2ccccc2cc1C(C)c1ccc(Cl)cc1. The summed E-state index contributed by atoms with van der Waals surface area (Å²) in [5, 5.41) is 12.6. The molecule has 0 aliphatic heterocycles. The number of carboxylic acid groups (broad SMARTS) is 1. The van der Waals surface area contributed by atoms with Gasteiger partial charge in [-0.3, -0.25) is 0 Å². The molecule has 0 aliphatic rings. The third-order valence-corrected chi connectivity index (χ3v) is 5.33. The average Bonchev–Trinajstić information content (AvgIpc) is 2.70. The van der Waals surface area contributed by atoms with E-state index in [1.165, 1.54) is 0 Å². The zero-order chi connectivity index (χ0) is 20.1. The average molecular weight is 397 g/mol. The maximum absolute atomic E-state index is 12.0. The van der Waals surface area contributed by atoms with Crippen molar-refractivity contribution in [2.75, 3.05) is 6.61 Å². The summed E-state index contributed by atoms with van der Waals surface area (Å²) in [6, 6.07) is 19.7. The van der Waals surface area contributed by atoms with E-state index in [0.717, 1.165) is 34.7 Å². The molecule has 3 aromatic rings. The van der Waals surface area contributed by atoms with Crippen molar-refractivity contribution in [3.05, 3.63) is 82.4 Å². The fraction of sp³-hybridized carbons (Fsp3) is 0.292. The first-order valence-corrected chi connectivity index (χ1v) is 10.0. The van der Waals surface area contributed by atoms with Crippen molar-refractivity contribution < 1.29 is 14.6 Å². The number of unbranched alkanes of at least 4 members (excludes halogenated alkanes) is 1. The number of halogens is 1. The molecule has 2 atom stereocenters. The molecule has 28 heavy (non-hydrogen) atoms. The lowest BCUT2D eigenvalue weighted by Gasteiger charge is -2.23. The van der Waals surface area contributed by atoms with Gasteiger partial charge in [0, 0.05) is 17.5 Å². The maximum Gasteiger partial charge on any atom is 0.337 e. The molecule has 0 amide bonds. The van der Waals surface area contributed by atoms with Crippen molar-refractivity contribution in [3.63, 3.8) is 0 Å². The van der Waals surface area contributed by atoms with Gasteiger partial charge < -0.3 is 9.84 Å². The molecule has 0 saturated carbocycles. The molecule has 0 aromatic heterocycles. The summed E-state index contributed by atoms with van der Waals surface area (Å²) in [5.41, 5.74) is 2.76. The predicted octanol–water partition coefficient (Wildman–Crippen LogP) is 6.59. The van der Waals surface area contributed by atoms with Crippen LogP contribution in [0.15, 0.2) is 60.7 Å². The monoisotopic (exact) mass is 396 g/mol. The first-order valence-electron chi connectivity index (χ1n) is 9.63. The molecule has 0 saturated heterocycles. The molecule has 0 fully saturated rings. The van der Waals surface area contributed by atoms with Gasteiger partial charge in [0.1, 0.15) is 0 Å². The van der Waals surface area contributed by atoms with Gasteiger partial charge in [-0.25, -0.2) is 4.79 Å². The first kappa shape index (κ1) is 20.4. The van der Waals surface area contributed by atoms with E-state index in [2.05, 4.69) is 19.9 Å². The molecule has 3 aromatic carbocycles. The van der Waals surface area contributed by atoms with Gasteiger partial charge in [-0.05, 0) is 52.1 Å². The Morgan fingerprint density at radius 3 is 2.21 bits per heavy atom. The lowest BCUT2D eigenvalue weighted by Crippen LogP contribution is -2.18. The Labute approximate surface area is 170 Å². The molecule has 0 radical (unpaired) electrons. The van der Waals surface area contributed by atoms with Crippen molar-refractivity contribution in [3.8, 4) is 0 Å². The highest BCUT2D eigenvalue weighted by Crippen LogP contribution is 2.35. The second-order valence-corrected chi connectivity index (χ2v) is 7.48. The van der Waals surface area contributed by atoms with Gasteiger partial charge in [-0.15, -0.1) is 0 Å². The molecule has 0 spiro atoms. The Hall–Kier alpha value is -2.36. The minimum atomic E-state index is -0.985. The standard InChI is InChI=1S/C24H25ClO3/c1-3-4-13-28-23(24(26)27)22-15-19-8-6-5-7-18(19)14-21(22)16(2)17-9-11-20(25)12-10-17/h5-12,14-16,23H,3-4,13H2,1-2H3,(H,26,27). The molecule has 1 N–H and O–H groups in total. The zero-order valence-corrected chi connectivity index (χ0v) is 16.9. The summed E-state index contributed by atoms with van der Waals surface area (Å²) < 4.78 is 5.80. The van der Waals surface area contributed by atoms with E-state index in [4.69, 9.17) is 16.3 Å². The molecule has 0 heterocycles. The summed E-state index contributed by atoms with van der Waals surface area (Å²) in [4.78, 5) is 12.0. The van der Waals surface area contributed by atoms with Crippen LogP contribution in [-0.4, -0.2) is 17.7 Å². The Morgan fingerprint density at radius 2 is 1.64 bits per heavy atom. The maximum atomic E-state index is 12.0. The molecule has 0 aliphatic carbocycles. The molecule has 3 nitrogen and oxygen atoms in total. The van der Waals surface area contributed by atoms with E-state index in [0.29, 0.717) is 17.2 Å². The van der Waals surface area contributed by atoms with E-state index < -0.39 is 12.1 Å². The lowest BCUT2D eigenvalue weighted by atomic mass is 9.86. The van der Waals surface area contributed by atoms with Gasteiger partial charge in [0.05, 0.1) is 0 Å². The minimum Gasteiger partial charge on any atom is -0.479 e. The summed E-state index contributed by atoms with van der Waals surface area (Å²) >= 11 is 6.04. The molecule has 0 bridgehead atoms. The highest BCUT2D eigenvalue weighted by molar-refractivity contribution is 6.30. The summed E-state index contributed by atoms with van der Waals surface area (Å²) in [6.45, 7) is 4.57. The van der Waals surface area contributed by atoms with Gasteiger partial charge in [0.15, 0.2) is 6.10 Å². The number of hydrogen-bond acceptors (Lipinski definition) is 2. The zero-order valence-electron chi connectivity index (χ0n) is 16.2. The fourth-order valence-electron chi connectivity index (χ4n) is 3.45. The van der Waals surface area contributed by atoms with Crippen LogP contribution in [0.4, 0.5) is 0 Å². The van der Waals surface area contributed by atoms with Crippen LogP contribution in [0.5, 0.6) is 0 Å². The van der Waals surface area contributed by atoms with E-state index in [-0.39, 0.29) is 5.92 Å². The van der Waals surface area contributed by atoms with Crippen molar-refractivity contribution in [2.45, 2.75) is 38.7 Å². The van der Waals surface area contributed by atoms with Crippen LogP contribution in [0.25, 0.3) is 10.8 Å².